The molecule has 450 valence electrons. The quantitative estimate of drug-likeness (QED) is 0.0228. The molecule has 6 atom stereocenters. The summed E-state index contributed by atoms with van der Waals surface area (Å²) in [4.78, 5) is 51.2. The number of carboxylic acids is 1. The summed E-state index contributed by atoms with van der Waals surface area (Å²) in [5.41, 5.74) is 0. The van der Waals surface area contributed by atoms with Crippen LogP contribution in [0.4, 0.5) is 0 Å². The molecule has 1 aliphatic heterocycles. The van der Waals surface area contributed by atoms with Gasteiger partial charge in [0.2, 0.25) is 0 Å². The molecule has 0 amide bonds. The maximum absolute atomic E-state index is 13.1. The van der Waals surface area contributed by atoms with Gasteiger partial charge in [0.05, 0.1) is 13.0 Å². The molecule has 12 nitrogen and oxygen atoms in total. The van der Waals surface area contributed by atoms with E-state index in [0.29, 0.717) is 19.3 Å². The van der Waals surface area contributed by atoms with Gasteiger partial charge < -0.3 is 39.0 Å². The fourth-order valence-electron chi connectivity index (χ4n) is 8.88. The number of carbonyl (C=O) groups is 4. The molecule has 12 heteroatoms. The molecule has 79 heavy (non-hydrogen) atoms. The standard InChI is InChI=1S/C67H110O12/c1-4-7-10-13-16-19-22-25-28-30-33-35-38-41-44-47-50-53-59(68)75-56-58(77-60(69)54-51-48-45-42-39-36-32-27-24-21-18-15-12-9-6-3)57-76-67-65(63(72)62(71)64(79-67)66(73)74)78-61(70)55-52-49-46-43-40-37-34-31-29-26-23-20-17-14-11-8-5-2/h9,12,16,18-19,21,25-29,32,39,42,48,51,58,62-65,67,71-72H,4-8,10-11,13-15,17,20,22-24,30-31,33-38,40-41,43-47,49-50,52-57H2,1-3H3,(H,73,74)/b12-9-,19-16-,21-18-,28-25-,29-26-,32-27-,42-39-,51-48-. The van der Waals surface area contributed by atoms with Crippen LogP contribution in [0.1, 0.15) is 252 Å². The molecule has 0 aromatic heterocycles. The number of esters is 3. The summed E-state index contributed by atoms with van der Waals surface area (Å²) < 4.78 is 28.3. The number of hydrogen-bond acceptors (Lipinski definition) is 11. The molecular weight excluding hydrogens is 997 g/mol. The Morgan fingerprint density at radius 1 is 0.443 bits per heavy atom. The van der Waals surface area contributed by atoms with Gasteiger partial charge in [0, 0.05) is 12.8 Å². The fraction of sp³-hybridized carbons (Fsp3) is 0.701. The van der Waals surface area contributed by atoms with E-state index in [9.17, 15) is 34.5 Å². The number of hydrogen-bond donors (Lipinski definition) is 3. The van der Waals surface area contributed by atoms with E-state index < -0.39 is 67.3 Å². The van der Waals surface area contributed by atoms with E-state index in [2.05, 4.69) is 99.8 Å². The highest BCUT2D eigenvalue weighted by Gasteiger charge is 2.50. The topological polar surface area (TPSA) is 175 Å². The molecule has 1 aliphatic rings. The second-order valence-corrected chi connectivity index (χ2v) is 21.0. The lowest BCUT2D eigenvalue weighted by Gasteiger charge is -2.40. The third kappa shape index (κ3) is 44.0. The van der Waals surface area contributed by atoms with Crippen molar-refractivity contribution >= 4 is 23.9 Å². The SMILES string of the molecule is CC/C=C\C/C=C\C/C=C\C/C=C\C/C=C\CC(=O)OC(COC(=O)CCCCCCCCC/C=C\C/C=C\CCCCC)COC1OC(C(=O)O)C(O)C(O)C1OC(=O)CCCCCCCCC/C=C\CCCCCCCC. The Balaban J connectivity index is 2.73. The third-order valence-electron chi connectivity index (χ3n) is 13.6. The number of carbonyl (C=O) groups excluding carboxylic acids is 3. The van der Waals surface area contributed by atoms with Gasteiger partial charge in [0.15, 0.2) is 24.6 Å². The summed E-state index contributed by atoms with van der Waals surface area (Å²) in [6, 6.07) is 0. The number of unbranched alkanes of at least 4 members (excludes halogenated alkanes) is 23. The lowest BCUT2D eigenvalue weighted by atomic mass is 9.98. The number of carboxylic acid groups (broad SMARTS) is 1. The van der Waals surface area contributed by atoms with Gasteiger partial charge in [-0.15, -0.1) is 0 Å². The molecule has 1 rings (SSSR count). The normalized spacial score (nSPS) is 18.5. The zero-order valence-electron chi connectivity index (χ0n) is 49.6. The van der Waals surface area contributed by atoms with Gasteiger partial charge in [-0.05, 0) is 103 Å². The van der Waals surface area contributed by atoms with Gasteiger partial charge in [-0.25, -0.2) is 4.79 Å². The number of aliphatic hydroxyl groups is 2. The van der Waals surface area contributed by atoms with Gasteiger partial charge in [-0.3, -0.25) is 14.4 Å². The van der Waals surface area contributed by atoms with Gasteiger partial charge in [-0.2, -0.15) is 0 Å². The van der Waals surface area contributed by atoms with Gasteiger partial charge in [-0.1, -0.05) is 227 Å². The Morgan fingerprint density at radius 2 is 0.835 bits per heavy atom. The van der Waals surface area contributed by atoms with Crippen molar-refractivity contribution in [1.29, 1.82) is 0 Å². The van der Waals surface area contributed by atoms with Crippen molar-refractivity contribution in [3.8, 4) is 0 Å². The minimum absolute atomic E-state index is 0.0410. The number of aliphatic carboxylic acids is 1. The van der Waals surface area contributed by atoms with Crippen molar-refractivity contribution in [1.82, 2.24) is 0 Å². The van der Waals surface area contributed by atoms with E-state index in [1.165, 1.54) is 89.9 Å². The van der Waals surface area contributed by atoms with Crippen LogP contribution in [0.3, 0.4) is 0 Å². The highest BCUT2D eigenvalue weighted by molar-refractivity contribution is 5.74. The highest BCUT2D eigenvalue weighted by atomic mass is 16.7. The zero-order valence-corrected chi connectivity index (χ0v) is 49.6. The van der Waals surface area contributed by atoms with E-state index >= 15 is 0 Å². The maximum atomic E-state index is 13.1. The first-order valence-corrected chi connectivity index (χ1v) is 31.2. The first-order valence-electron chi connectivity index (χ1n) is 31.2. The van der Waals surface area contributed by atoms with E-state index in [0.717, 1.165) is 103 Å². The minimum atomic E-state index is -1.92. The monoisotopic (exact) mass is 1110 g/mol. The molecule has 6 unspecified atom stereocenters. The number of rotatable bonds is 52. The Hall–Kier alpha value is -4.36. The van der Waals surface area contributed by atoms with Crippen LogP contribution < -0.4 is 0 Å². The van der Waals surface area contributed by atoms with E-state index in [1.807, 2.05) is 12.2 Å². The number of aliphatic hydroxyl groups excluding tert-OH is 2. The van der Waals surface area contributed by atoms with Crippen LogP contribution in [0, 0.1) is 0 Å². The van der Waals surface area contributed by atoms with Crippen molar-refractivity contribution in [3.63, 3.8) is 0 Å². The van der Waals surface area contributed by atoms with Gasteiger partial charge in [0.25, 0.3) is 0 Å². The average Bonchev–Trinajstić information content (AvgIpc) is 3.46. The van der Waals surface area contributed by atoms with Gasteiger partial charge in [0.1, 0.15) is 18.8 Å². The summed E-state index contributed by atoms with van der Waals surface area (Å²) in [6.07, 6.45) is 59.7. The van der Waals surface area contributed by atoms with Crippen molar-refractivity contribution in [2.45, 2.75) is 289 Å². The molecular formula is C67H110O12. The van der Waals surface area contributed by atoms with Crippen molar-refractivity contribution < 1.29 is 58.2 Å². The third-order valence-corrected chi connectivity index (χ3v) is 13.6. The number of allylic oxidation sites excluding steroid dienone is 15. The number of ether oxygens (including phenoxy) is 5. The molecule has 3 N–H and O–H groups in total. The first-order chi connectivity index (χ1) is 38.6. The van der Waals surface area contributed by atoms with Crippen molar-refractivity contribution in [2.75, 3.05) is 13.2 Å². The predicted molar refractivity (Wildman–Crippen MR) is 321 cm³/mol. The molecule has 1 heterocycles. The average molecular weight is 1110 g/mol. The van der Waals surface area contributed by atoms with E-state index in [1.54, 1.807) is 6.08 Å². The lowest BCUT2D eigenvalue weighted by molar-refractivity contribution is -0.301. The molecule has 0 aromatic carbocycles. The molecule has 0 spiro atoms. The highest BCUT2D eigenvalue weighted by Crippen LogP contribution is 2.26. The molecule has 1 saturated heterocycles. The predicted octanol–water partition coefficient (Wildman–Crippen LogP) is 16.5. The van der Waals surface area contributed by atoms with E-state index in [4.69, 9.17) is 23.7 Å². The molecule has 1 fully saturated rings. The molecule has 0 bridgehead atoms. The molecule has 0 aliphatic carbocycles. The molecule has 0 saturated carbocycles. The van der Waals surface area contributed by atoms with Gasteiger partial charge >= 0.3 is 23.9 Å². The van der Waals surface area contributed by atoms with Crippen LogP contribution in [0.15, 0.2) is 97.2 Å². The Bertz CT molecular complexity index is 1740. The summed E-state index contributed by atoms with van der Waals surface area (Å²) in [5.74, 6) is -3.30. The molecule has 0 aromatic rings. The Morgan fingerprint density at radius 3 is 1.32 bits per heavy atom. The van der Waals surface area contributed by atoms with Crippen LogP contribution >= 0.6 is 0 Å². The van der Waals surface area contributed by atoms with Crippen LogP contribution in [0.25, 0.3) is 0 Å². The van der Waals surface area contributed by atoms with E-state index in [-0.39, 0.29) is 25.9 Å². The Labute approximate surface area is 479 Å². The molecule has 0 radical (unpaired) electrons. The fourth-order valence-corrected chi connectivity index (χ4v) is 8.88. The lowest BCUT2D eigenvalue weighted by Crippen LogP contribution is -2.61. The summed E-state index contributed by atoms with van der Waals surface area (Å²) in [5, 5.41) is 31.5. The summed E-state index contributed by atoms with van der Waals surface area (Å²) in [6.45, 7) is 5.77. The second kappa shape index (κ2) is 54.2. The zero-order chi connectivity index (χ0) is 57.5. The summed E-state index contributed by atoms with van der Waals surface area (Å²) in [7, 11) is 0. The van der Waals surface area contributed by atoms with Crippen molar-refractivity contribution in [2.24, 2.45) is 0 Å². The second-order valence-electron chi connectivity index (χ2n) is 21.0. The smallest absolute Gasteiger partial charge is 0.335 e. The van der Waals surface area contributed by atoms with Crippen LogP contribution in [-0.2, 0) is 42.9 Å². The Kier molecular flexibility index (Phi) is 49.9. The maximum Gasteiger partial charge on any atom is 0.335 e. The van der Waals surface area contributed by atoms with Crippen LogP contribution in [0.5, 0.6) is 0 Å². The van der Waals surface area contributed by atoms with Crippen LogP contribution in [-0.4, -0.2) is 89.2 Å². The largest absolute Gasteiger partial charge is 0.479 e. The summed E-state index contributed by atoms with van der Waals surface area (Å²) >= 11 is 0. The van der Waals surface area contributed by atoms with Crippen LogP contribution in [0.2, 0.25) is 0 Å². The minimum Gasteiger partial charge on any atom is -0.479 e. The van der Waals surface area contributed by atoms with Crippen molar-refractivity contribution in [3.05, 3.63) is 97.2 Å². The first kappa shape index (κ1) is 72.7.